The molecule has 2 aromatic heterocycles. The molecule has 4 rings (SSSR count). The number of hydrogen-bond donors (Lipinski definition) is 0. The van der Waals surface area contributed by atoms with Crippen molar-refractivity contribution in [1.29, 1.82) is 0 Å². The van der Waals surface area contributed by atoms with Crippen LogP contribution in [-0.2, 0) is 0 Å². The first kappa shape index (κ1) is 18.5. The summed E-state index contributed by atoms with van der Waals surface area (Å²) < 4.78 is 4.27. The second kappa shape index (κ2) is 7.96. The van der Waals surface area contributed by atoms with Crippen molar-refractivity contribution >= 4 is 0 Å². The van der Waals surface area contributed by atoms with Crippen LogP contribution in [0, 0.1) is 13.8 Å². The van der Waals surface area contributed by atoms with E-state index in [2.05, 4.69) is 121 Å². The summed E-state index contributed by atoms with van der Waals surface area (Å²) in [4.78, 5) is 0. The van der Waals surface area contributed by atoms with Crippen molar-refractivity contribution in [2.75, 3.05) is 0 Å². The summed E-state index contributed by atoms with van der Waals surface area (Å²) in [5, 5.41) is 0. The van der Waals surface area contributed by atoms with Gasteiger partial charge >= 0.3 is 0 Å². The van der Waals surface area contributed by atoms with Crippen molar-refractivity contribution in [1.82, 2.24) is 0 Å². The maximum absolute atomic E-state index is 2.16. The molecule has 0 N–H and O–H groups in total. The maximum Gasteiger partial charge on any atom is 0.210 e. The Hall–Kier alpha value is -3.26. The number of hydrogen-bond acceptors (Lipinski definition) is 0. The molecule has 0 unspecified atom stereocenters. The summed E-state index contributed by atoms with van der Waals surface area (Å²) in [5.74, 6) is 0. The molecule has 0 atom stereocenters. The Bertz CT molecular complexity index is 911. The van der Waals surface area contributed by atoms with Gasteiger partial charge in [-0.15, -0.1) is 0 Å². The normalized spacial score (nSPS) is 10.3. The van der Waals surface area contributed by atoms with Gasteiger partial charge in [0.1, 0.15) is 0 Å². The number of aromatic nitrogens is 2. The Morgan fingerprint density at radius 3 is 1.04 bits per heavy atom. The third-order valence-electron chi connectivity index (χ3n) is 4.66. The fourth-order valence-corrected chi connectivity index (χ4v) is 3.02. The minimum atomic E-state index is 0. The lowest BCUT2D eigenvalue weighted by atomic mass is 10.1. The van der Waals surface area contributed by atoms with Crippen molar-refractivity contribution in [2.24, 2.45) is 0 Å². The Kier molecular flexibility index (Phi) is 5.46. The van der Waals surface area contributed by atoms with E-state index in [1.165, 1.54) is 33.6 Å². The summed E-state index contributed by atoms with van der Waals surface area (Å²) in [5.41, 5.74) is 7.32. The van der Waals surface area contributed by atoms with Gasteiger partial charge in [0.2, 0.25) is 11.4 Å². The van der Waals surface area contributed by atoms with Crippen LogP contribution in [0.1, 0.15) is 18.6 Å². The fraction of sp³-hybridized carbons (Fsp3) is 0.120. The van der Waals surface area contributed by atoms with Crippen LogP contribution in [-0.4, -0.2) is 0 Å². The molecular formula is C25H26N2+2. The van der Waals surface area contributed by atoms with Crippen LogP contribution in [0.2, 0.25) is 0 Å². The van der Waals surface area contributed by atoms with E-state index in [1.807, 2.05) is 0 Å². The van der Waals surface area contributed by atoms with Crippen LogP contribution in [0.4, 0.5) is 0 Å². The Morgan fingerprint density at radius 2 is 0.741 bits per heavy atom. The highest BCUT2D eigenvalue weighted by Crippen LogP contribution is 2.16. The van der Waals surface area contributed by atoms with Crippen LogP contribution in [0.25, 0.3) is 22.5 Å². The van der Waals surface area contributed by atoms with Gasteiger partial charge in [-0.25, -0.2) is 0 Å². The standard InChI is InChI=1S/C24H22N2.CH4/c1-19-3-7-23(8-4-19)25-15-11-21(12-16-25)22-13-17-26(18-14-22)24-9-5-20(2)6-10-24;/h3-18H,1-2H3;1H4/q+2;. The van der Waals surface area contributed by atoms with Crippen LogP contribution in [0.5, 0.6) is 0 Å². The van der Waals surface area contributed by atoms with E-state index >= 15 is 0 Å². The average molecular weight is 354 g/mol. The van der Waals surface area contributed by atoms with Gasteiger partial charge in [0.15, 0.2) is 24.8 Å². The number of nitrogens with zero attached hydrogens (tertiary/aromatic N) is 2. The van der Waals surface area contributed by atoms with E-state index in [9.17, 15) is 0 Å². The smallest absolute Gasteiger partial charge is 0.167 e. The first-order valence-electron chi connectivity index (χ1n) is 8.86. The van der Waals surface area contributed by atoms with Crippen LogP contribution >= 0.6 is 0 Å². The number of rotatable bonds is 3. The SMILES string of the molecule is C.Cc1ccc(-[n+]2ccc(-c3cc[n+](-c4ccc(C)cc4)cc3)cc2)cc1. The fourth-order valence-electron chi connectivity index (χ4n) is 3.02. The molecule has 0 amide bonds. The molecular weight excluding hydrogens is 328 g/mol. The zero-order chi connectivity index (χ0) is 17.9. The lowest BCUT2D eigenvalue weighted by Gasteiger charge is -2.02. The molecule has 0 spiro atoms. The Balaban J connectivity index is 0.00000210. The lowest BCUT2D eigenvalue weighted by Crippen LogP contribution is -2.29. The molecule has 0 bridgehead atoms. The molecule has 134 valence electrons. The molecule has 0 aliphatic carbocycles. The van der Waals surface area contributed by atoms with Gasteiger partial charge in [-0.05, 0) is 25.0 Å². The van der Waals surface area contributed by atoms with Crippen LogP contribution in [0.3, 0.4) is 0 Å². The molecule has 0 radical (unpaired) electrons. The highest BCUT2D eigenvalue weighted by molar-refractivity contribution is 5.61. The number of benzene rings is 2. The van der Waals surface area contributed by atoms with Gasteiger partial charge in [-0.2, -0.15) is 9.13 Å². The molecule has 2 aromatic carbocycles. The molecule has 27 heavy (non-hydrogen) atoms. The molecule has 0 fully saturated rings. The molecule has 0 aliphatic rings. The minimum Gasteiger partial charge on any atom is -0.167 e. The van der Waals surface area contributed by atoms with Crippen molar-refractivity contribution < 1.29 is 9.13 Å². The second-order valence-electron chi connectivity index (χ2n) is 6.66. The topological polar surface area (TPSA) is 7.76 Å². The summed E-state index contributed by atoms with van der Waals surface area (Å²) in [6.45, 7) is 4.21. The van der Waals surface area contributed by atoms with Gasteiger partial charge in [-0.3, -0.25) is 0 Å². The maximum atomic E-state index is 2.16. The lowest BCUT2D eigenvalue weighted by molar-refractivity contribution is -0.596. The van der Waals surface area contributed by atoms with E-state index in [-0.39, 0.29) is 7.43 Å². The summed E-state index contributed by atoms with van der Waals surface area (Å²) in [6, 6.07) is 25.7. The van der Waals surface area contributed by atoms with Gasteiger partial charge in [0, 0.05) is 48.5 Å². The molecule has 0 aliphatic heterocycles. The number of aryl methyl sites for hydroxylation is 2. The van der Waals surface area contributed by atoms with Crippen LogP contribution < -0.4 is 9.13 Å². The van der Waals surface area contributed by atoms with Crippen LogP contribution in [0.15, 0.2) is 97.6 Å². The highest BCUT2D eigenvalue weighted by atomic mass is 14.9. The predicted octanol–water partition coefficient (Wildman–Crippen LogP) is 5.16. The third kappa shape index (κ3) is 4.12. The Labute approximate surface area is 162 Å². The van der Waals surface area contributed by atoms with Gasteiger partial charge in [0.25, 0.3) is 0 Å². The molecule has 0 saturated carbocycles. The van der Waals surface area contributed by atoms with Crippen molar-refractivity contribution in [2.45, 2.75) is 21.3 Å². The molecule has 2 nitrogen and oxygen atoms in total. The van der Waals surface area contributed by atoms with Gasteiger partial charge in [0.05, 0.1) is 0 Å². The van der Waals surface area contributed by atoms with Gasteiger partial charge < -0.3 is 0 Å². The monoisotopic (exact) mass is 354 g/mol. The third-order valence-corrected chi connectivity index (χ3v) is 4.66. The number of pyridine rings is 2. The van der Waals surface area contributed by atoms with E-state index in [0.717, 1.165) is 0 Å². The summed E-state index contributed by atoms with van der Waals surface area (Å²) >= 11 is 0. The quantitative estimate of drug-likeness (QED) is 0.449. The molecule has 0 saturated heterocycles. The second-order valence-corrected chi connectivity index (χ2v) is 6.66. The molecule has 4 aromatic rings. The predicted molar refractivity (Wildman–Crippen MR) is 111 cm³/mol. The van der Waals surface area contributed by atoms with E-state index in [1.54, 1.807) is 0 Å². The average Bonchev–Trinajstić information content (AvgIpc) is 2.70. The first-order chi connectivity index (χ1) is 12.7. The van der Waals surface area contributed by atoms with E-state index in [4.69, 9.17) is 0 Å². The zero-order valence-electron chi connectivity index (χ0n) is 15.1. The van der Waals surface area contributed by atoms with Crippen molar-refractivity contribution in [3.63, 3.8) is 0 Å². The summed E-state index contributed by atoms with van der Waals surface area (Å²) in [7, 11) is 0. The minimum absolute atomic E-state index is 0. The van der Waals surface area contributed by atoms with E-state index in [0.29, 0.717) is 0 Å². The largest absolute Gasteiger partial charge is 0.210 e. The Morgan fingerprint density at radius 1 is 0.444 bits per heavy atom. The summed E-state index contributed by atoms with van der Waals surface area (Å²) in [6.07, 6.45) is 8.45. The molecule has 2 heterocycles. The van der Waals surface area contributed by atoms with Crippen molar-refractivity contribution in [3.05, 3.63) is 109 Å². The van der Waals surface area contributed by atoms with Gasteiger partial charge in [-0.1, -0.05) is 42.8 Å². The molecule has 2 heteroatoms. The zero-order valence-corrected chi connectivity index (χ0v) is 15.1. The first-order valence-corrected chi connectivity index (χ1v) is 8.86. The van der Waals surface area contributed by atoms with E-state index < -0.39 is 0 Å². The highest BCUT2D eigenvalue weighted by Gasteiger charge is 2.09. The van der Waals surface area contributed by atoms with Crippen molar-refractivity contribution in [3.8, 4) is 22.5 Å².